The van der Waals surface area contributed by atoms with Gasteiger partial charge in [-0.25, -0.2) is 9.36 Å². The van der Waals surface area contributed by atoms with Gasteiger partial charge in [-0.3, -0.25) is 0 Å². The van der Waals surface area contributed by atoms with Crippen molar-refractivity contribution >= 4 is 12.0 Å². The van der Waals surface area contributed by atoms with E-state index < -0.39 is 5.97 Å². The number of aromatic nitrogens is 1. The molecule has 0 amide bonds. The number of carboxylic acids is 1. The highest BCUT2D eigenvalue weighted by Crippen LogP contribution is 1.93. The van der Waals surface area contributed by atoms with Crippen LogP contribution in [0.2, 0.25) is 0 Å². The summed E-state index contributed by atoms with van der Waals surface area (Å²) < 4.78 is 1.85. The van der Waals surface area contributed by atoms with E-state index >= 15 is 0 Å². The van der Waals surface area contributed by atoms with Crippen molar-refractivity contribution in [2.24, 2.45) is 7.05 Å². The van der Waals surface area contributed by atoms with E-state index in [-0.39, 0.29) is 24.0 Å². The number of hydrogen-bond donors (Lipinski definition) is 1. The molecule has 13 heavy (non-hydrogen) atoms. The number of aliphatic carboxylic acids is 1. The van der Waals surface area contributed by atoms with Crippen LogP contribution in [0.3, 0.4) is 0 Å². The molecule has 0 aliphatic heterocycles. The van der Waals surface area contributed by atoms with Crippen molar-refractivity contribution in [1.29, 1.82) is 0 Å². The van der Waals surface area contributed by atoms with Gasteiger partial charge in [0.15, 0.2) is 6.20 Å². The Hall–Kier alpha value is -0.910. The van der Waals surface area contributed by atoms with Gasteiger partial charge in [0.1, 0.15) is 7.05 Å². The van der Waals surface area contributed by atoms with Gasteiger partial charge < -0.3 is 29.1 Å². The van der Waals surface area contributed by atoms with Gasteiger partial charge in [0.05, 0.1) is 0 Å². The van der Waals surface area contributed by atoms with Crippen LogP contribution in [-0.4, -0.2) is 11.1 Å². The Morgan fingerprint density at radius 2 is 2.23 bits per heavy atom. The summed E-state index contributed by atoms with van der Waals surface area (Å²) in [6.07, 6.45) is 4.54. The zero-order chi connectivity index (χ0) is 8.97. The molecular formula is C9H10INO2. The third-order valence-corrected chi connectivity index (χ3v) is 1.49. The van der Waals surface area contributed by atoms with E-state index in [1.54, 1.807) is 6.08 Å². The molecule has 1 heterocycles. The molecule has 0 aliphatic carbocycles. The quantitative estimate of drug-likeness (QED) is 0.375. The van der Waals surface area contributed by atoms with Crippen LogP contribution in [0.4, 0.5) is 0 Å². The second-order valence-electron chi connectivity index (χ2n) is 2.41. The first kappa shape index (κ1) is 12.1. The Labute approximate surface area is 93.7 Å². The third kappa shape index (κ3) is 4.02. The van der Waals surface area contributed by atoms with Crippen LogP contribution in [0.25, 0.3) is 6.08 Å². The molecule has 0 radical (unpaired) electrons. The second kappa shape index (κ2) is 5.69. The number of carboxylic acid groups (broad SMARTS) is 1. The summed E-state index contributed by atoms with van der Waals surface area (Å²) in [7, 11) is 1.86. The average Bonchev–Trinajstić information content (AvgIpc) is 2.03. The van der Waals surface area contributed by atoms with Crippen LogP contribution in [0.15, 0.2) is 30.5 Å². The van der Waals surface area contributed by atoms with Crippen LogP contribution in [0.1, 0.15) is 5.69 Å². The highest BCUT2D eigenvalue weighted by atomic mass is 127. The molecule has 1 aromatic heterocycles. The number of aryl methyl sites for hydroxylation is 1. The van der Waals surface area contributed by atoms with Crippen molar-refractivity contribution in [2.45, 2.75) is 0 Å². The highest BCUT2D eigenvalue weighted by Gasteiger charge is 1.98. The van der Waals surface area contributed by atoms with Gasteiger partial charge in [0.25, 0.3) is 0 Å². The predicted molar refractivity (Wildman–Crippen MR) is 44.3 cm³/mol. The molecule has 3 nitrogen and oxygen atoms in total. The van der Waals surface area contributed by atoms with Gasteiger partial charge in [0.2, 0.25) is 5.69 Å². The molecular weight excluding hydrogens is 281 g/mol. The van der Waals surface area contributed by atoms with E-state index in [4.69, 9.17) is 5.11 Å². The largest absolute Gasteiger partial charge is 1.00 e. The van der Waals surface area contributed by atoms with Crippen LogP contribution in [0.5, 0.6) is 0 Å². The normalized spacial score (nSPS) is 9.62. The Balaban J connectivity index is 0.00000144. The lowest BCUT2D eigenvalue weighted by Gasteiger charge is -1.90. The molecule has 0 saturated carbocycles. The van der Waals surface area contributed by atoms with Crippen molar-refractivity contribution in [3.63, 3.8) is 0 Å². The zero-order valence-electron chi connectivity index (χ0n) is 7.14. The number of carbonyl (C=O) groups is 1. The lowest BCUT2D eigenvalue weighted by atomic mass is 10.3. The Bertz CT molecular complexity index is 323. The van der Waals surface area contributed by atoms with Crippen molar-refractivity contribution in [3.05, 3.63) is 36.2 Å². The van der Waals surface area contributed by atoms with Crippen molar-refractivity contribution in [3.8, 4) is 0 Å². The minimum atomic E-state index is -0.932. The van der Waals surface area contributed by atoms with Crippen molar-refractivity contribution < 1.29 is 38.4 Å². The maximum absolute atomic E-state index is 10.2. The van der Waals surface area contributed by atoms with E-state index in [0.717, 1.165) is 11.8 Å². The minimum absolute atomic E-state index is 0. The topological polar surface area (TPSA) is 41.2 Å². The van der Waals surface area contributed by atoms with Crippen molar-refractivity contribution in [1.82, 2.24) is 0 Å². The van der Waals surface area contributed by atoms with Crippen LogP contribution in [0, 0.1) is 0 Å². The molecule has 1 rings (SSSR count). The number of rotatable bonds is 2. The highest BCUT2D eigenvalue weighted by molar-refractivity contribution is 5.84. The number of hydrogen-bond acceptors (Lipinski definition) is 1. The molecule has 0 aliphatic rings. The molecule has 0 aromatic carbocycles. The Morgan fingerprint density at radius 1 is 1.54 bits per heavy atom. The fourth-order valence-electron chi connectivity index (χ4n) is 0.866. The van der Waals surface area contributed by atoms with Crippen LogP contribution < -0.4 is 28.5 Å². The van der Waals surface area contributed by atoms with E-state index in [2.05, 4.69) is 0 Å². The Kier molecular flexibility index (Phi) is 5.29. The van der Waals surface area contributed by atoms with Crippen LogP contribution >= 0.6 is 0 Å². The maximum Gasteiger partial charge on any atom is 0.328 e. The van der Waals surface area contributed by atoms with Crippen LogP contribution in [-0.2, 0) is 11.8 Å². The van der Waals surface area contributed by atoms with E-state index in [9.17, 15) is 4.79 Å². The SMILES string of the molecule is C[n+]1ccccc1/C=C/C(=O)O.[I-]. The summed E-state index contributed by atoms with van der Waals surface area (Å²) in [6, 6.07) is 5.60. The third-order valence-electron chi connectivity index (χ3n) is 1.49. The van der Waals surface area contributed by atoms with E-state index in [1.165, 1.54) is 0 Å². The summed E-state index contributed by atoms with van der Waals surface area (Å²) in [5, 5.41) is 8.37. The molecule has 1 aromatic rings. The monoisotopic (exact) mass is 291 g/mol. The average molecular weight is 291 g/mol. The van der Waals surface area contributed by atoms with Gasteiger partial charge >= 0.3 is 5.97 Å². The lowest BCUT2D eigenvalue weighted by Crippen LogP contribution is -3.00. The fraction of sp³-hybridized carbons (Fsp3) is 0.111. The second-order valence-corrected chi connectivity index (χ2v) is 2.41. The van der Waals surface area contributed by atoms with E-state index in [0.29, 0.717) is 0 Å². The summed E-state index contributed by atoms with van der Waals surface area (Å²) in [6.45, 7) is 0. The molecule has 0 bridgehead atoms. The molecule has 4 heteroatoms. The predicted octanol–water partition coefficient (Wildman–Crippen LogP) is -2.39. The summed E-state index contributed by atoms with van der Waals surface area (Å²) in [4.78, 5) is 10.2. The molecule has 0 unspecified atom stereocenters. The first-order chi connectivity index (χ1) is 5.70. The van der Waals surface area contributed by atoms with Gasteiger partial charge in [-0.1, -0.05) is 0 Å². The summed E-state index contributed by atoms with van der Waals surface area (Å²) in [5.41, 5.74) is 0.861. The van der Waals surface area contributed by atoms with Gasteiger partial charge in [-0.15, -0.1) is 0 Å². The summed E-state index contributed by atoms with van der Waals surface area (Å²) >= 11 is 0. The van der Waals surface area contributed by atoms with Gasteiger partial charge in [-0.2, -0.15) is 0 Å². The fourth-order valence-corrected chi connectivity index (χ4v) is 0.866. The lowest BCUT2D eigenvalue weighted by molar-refractivity contribution is -0.673. The molecule has 0 atom stereocenters. The zero-order valence-corrected chi connectivity index (χ0v) is 9.30. The molecule has 1 N–H and O–H groups in total. The first-order valence-corrected chi connectivity index (χ1v) is 3.56. The Morgan fingerprint density at radius 3 is 2.77 bits per heavy atom. The van der Waals surface area contributed by atoms with Gasteiger partial charge in [0, 0.05) is 24.3 Å². The molecule has 0 saturated heterocycles. The van der Waals surface area contributed by atoms with Gasteiger partial charge in [-0.05, 0) is 6.07 Å². The number of halogens is 1. The maximum atomic E-state index is 10.2. The summed E-state index contributed by atoms with van der Waals surface area (Å²) in [5.74, 6) is -0.932. The minimum Gasteiger partial charge on any atom is -1.00 e. The molecule has 0 spiro atoms. The number of pyridine rings is 1. The standard InChI is InChI=1S/C9H9NO2.HI/c1-10-7-3-2-4-8(10)5-6-9(11)12;/h2-7H,1H3;1H/b6-5+;. The van der Waals surface area contributed by atoms with Crippen molar-refractivity contribution in [2.75, 3.05) is 0 Å². The smallest absolute Gasteiger partial charge is 0.328 e. The molecule has 70 valence electrons. The molecule has 0 fully saturated rings. The number of nitrogens with zero attached hydrogens (tertiary/aromatic N) is 1. The van der Waals surface area contributed by atoms with E-state index in [1.807, 2.05) is 36.0 Å². The first-order valence-electron chi connectivity index (χ1n) is 3.56.